The van der Waals surface area contributed by atoms with Gasteiger partial charge in [-0.15, -0.1) is 0 Å². The van der Waals surface area contributed by atoms with Crippen molar-refractivity contribution in [3.63, 3.8) is 0 Å². The summed E-state index contributed by atoms with van der Waals surface area (Å²) >= 11 is 1.46. The van der Waals surface area contributed by atoms with Crippen LogP contribution in [0.2, 0.25) is 0 Å². The van der Waals surface area contributed by atoms with Gasteiger partial charge in [-0.1, -0.05) is 48.5 Å². The third kappa shape index (κ3) is 15.7. The Bertz CT molecular complexity index is 2030. The van der Waals surface area contributed by atoms with Gasteiger partial charge in [0.05, 0.1) is 6.04 Å². The average Bonchev–Trinajstić information content (AvgIpc) is 3.66. The van der Waals surface area contributed by atoms with E-state index in [1.54, 1.807) is 36.5 Å². The Kier molecular flexibility index (Phi) is 19.5. The lowest BCUT2D eigenvalue weighted by atomic mass is 10.0. The molecule has 7 amide bonds. The molecule has 0 radical (unpaired) electrons. The lowest BCUT2D eigenvalue weighted by Crippen LogP contribution is -2.60. The Morgan fingerprint density at radius 1 is 0.726 bits per heavy atom. The van der Waals surface area contributed by atoms with E-state index in [1.807, 2.05) is 30.5 Å². The number of rotatable bonds is 12. The minimum absolute atomic E-state index is 0.00426. The molecule has 0 aliphatic carbocycles. The molecular weight excluding hydrogens is 817 g/mol. The van der Waals surface area contributed by atoms with Crippen molar-refractivity contribution < 1.29 is 33.6 Å². The zero-order chi connectivity index (χ0) is 45.0. The zero-order valence-electron chi connectivity index (χ0n) is 35.0. The summed E-state index contributed by atoms with van der Waals surface area (Å²) < 4.78 is 0. The fourth-order valence-electron chi connectivity index (χ4n) is 6.93. The van der Waals surface area contributed by atoms with Gasteiger partial charge in [0, 0.05) is 49.5 Å². The van der Waals surface area contributed by atoms with E-state index in [0.29, 0.717) is 29.7 Å². The molecule has 15 N–H and O–H groups in total. The number of nitrogens with one attached hydrogen (secondary N) is 7. The molecule has 4 rings (SSSR count). The smallest absolute Gasteiger partial charge is 0.243 e. The summed E-state index contributed by atoms with van der Waals surface area (Å²) in [6.45, 7) is 0.366. The number of amides is 7. The zero-order valence-corrected chi connectivity index (χ0v) is 35.8. The first-order valence-electron chi connectivity index (χ1n) is 20.7. The molecule has 6 atom stereocenters. The van der Waals surface area contributed by atoms with E-state index >= 15 is 0 Å². The summed E-state index contributed by atoms with van der Waals surface area (Å²) in [6, 6.07) is 9.27. The molecule has 0 bridgehead atoms. The van der Waals surface area contributed by atoms with E-state index in [-0.39, 0.29) is 76.3 Å². The largest absolute Gasteiger partial charge is 0.370 e. The van der Waals surface area contributed by atoms with Crippen molar-refractivity contribution in [2.24, 2.45) is 27.9 Å². The molecule has 3 aromatic rings. The molecule has 0 saturated carbocycles. The number of aromatic amines is 1. The minimum Gasteiger partial charge on any atom is -0.370 e. The van der Waals surface area contributed by atoms with E-state index in [0.717, 1.165) is 10.9 Å². The van der Waals surface area contributed by atoms with Crippen LogP contribution in [0.15, 0.2) is 65.8 Å². The maximum absolute atomic E-state index is 14.4. The van der Waals surface area contributed by atoms with Crippen LogP contribution in [0.4, 0.5) is 0 Å². The second kappa shape index (κ2) is 24.9. The molecule has 1 aliphatic heterocycles. The SMILES string of the molecule is CSCC[C@@H]1NC(=O)[C@@H](N)CCC(=O)NCCCC[C@@H](C(N)=O)NC(=O)[C@H](Cc2c[nH]c3ccccc23)NC(=O)[C@H](CCCN=C(N)N)NC(=O)[C@@H](Cc2ccccc2)NC1=O. The van der Waals surface area contributed by atoms with Crippen molar-refractivity contribution in [3.05, 3.63) is 71.9 Å². The molecule has 0 spiro atoms. The van der Waals surface area contributed by atoms with E-state index in [4.69, 9.17) is 22.9 Å². The quantitative estimate of drug-likeness (QED) is 0.0601. The highest BCUT2D eigenvalue weighted by molar-refractivity contribution is 7.98. The summed E-state index contributed by atoms with van der Waals surface area (Å²) in [5.41, 5.74) is 25.2. The molecule has 62 heavy (non-hydrogen) atoms. The summed E-state index contributed by atoms with van der Waals surface area (Å²) in [5, 5.41) is 17.4. The number of aliphatic imine (C=N–C) groups is 1. The molecule has 20 heteroatoms. The maximum Gasteiger partial charge on any atom is 0.243 e. The first kappa shape index (κ1) is 48.5. The van der Waals surface area contributed by atoms with E-state index in [1.165, 1.54) is 11.8 Å². The number of hydrogen-bond donors (Lipinski definition) is 11. The van der Waals surface area contributed by atoms with Gasteiger partial charge in [-0.2, -0.15) is 11.8 Å². The highest BCUT2D eigenvalue weighted by Gasteiger charge is 2.33. The number of H-pyrrole nitrogens is 1. The number of benzene rings is 2. The monoisotopic (exact) mass is 876 g/mol. The Morgan fingerprint density at radius 2 is 1.34 bits per heavy atom. The number of hydrogen-bond acceptors (Lipinski definition) is 10. The third-order valence-corrected chi connectivity index (χ3v) is 11.0. The number of carbonyl (C=O) groups is 7. The van der Waals surface area contributed by atoms with Crippen LogP contribution in [-0.4, -0.2) is 114 Å². The Morgan fingerprint density at radius 3 is 2.03 bits per heavy atom. The topological polar surface area (TPSA) is 324 Å². The Hall–Kier alpha value is -6.15. The van der Waals surface area contributed by atoms with Crippen LogP contribution < -0.4 is 54.8 Å². The van der Waals surface area contributed by atoms with E-state index in [9.17, 15) is 33.6 Å². The van der Waals surface area contributed by atoms with Crippen LogP contribution in [0, 0.1) is 0 Å². The van der Waals surface area contributed by atoms with Crippen molar-refractivity contribution in [2.75, 3.05) is 25.1 Å². The number of fused-ring (bicyclic) bond motifs is 1. The van der Waals surface area contributed by atoms with Gasteiger partial charge in [0.25, 0.3) is 0 Å². The van der Waals surface area contributed by atoms with Gasteiger partial charge in [0.1, 0.15) is 30.2 Å². The van der Waals surface area contributed by atoms with Crippen LogP contribution in [0.3, 0.4) is 0 Å². The molecule has 19 nitrogen and oxygen atoms in total. The predicted octanol–water partition coefficient (Wildman–Crippen LogP) is -0.923. The Balaban J connectivity index is 1.72. The number of nitrogens with zero attached hydrogens (tertiary/aromatic N) is 1. The molecule has 1 fully saturated rings. The Labute approximate surface area is 364 Å². The van der Waals surface area contributed by atoms with Crippen LogP contribution in [0.25, 0.3) is 10.9 Å². The van der Waals surface area contributed by atoms with Crippen LogP contribution >= 0.6 is 11.8 Å². The highest BCUT2D eigenvalue weighted by atomic mass is 32.2. The fourth-order valence-corrected chi connectivity index (χ4v) is 7.40. The first-order chi connectivity index (χ1) is 29.7. The van der Waals surface area contributed by atoms with Crippen molar-refractivity contribution in [1.29, 1.82) is 0 Å². The number of carbonyl (C=O) groups excluding carboxylic acids is 7. The van der Waals surface area contributed by atoms with Gasteiger partial charge in [-0.25, -0.2) is 0 Å². The van der Waals surface area contributed by atoms with Gasteiger partial charge in [-0.05, 0) is 74.1 Å². The van der Waals surface area contributed by atoms with Crippen LogP contribution in [-0.2, 0) is 46.4 Å². The molecule has 1 aliphatic rings. The molecule has 336 valence electrons. The third-order valence-electron chi connectivity index (χ3n) is 10.4. The summed E-state index contributed by atoms with van der Waals surface area (Å²) in [5.74, 6) is -4.25. The lowest BCUT2D eigenvalue weighted by Gasteiger charge is -2.27. The van der Waals surface area contributed by atoms with E-state index in [2.05, 4.69) is 41.9 Å². The predicted molar refractivity (Wildman–Crippen MR) is 238 cm³/mol. The van der Waals surface area contributed by atoms with Crippen molar-refractivity contribution in [1.82, 2.24) is 36.9 Å². The molecular formula is C42H60N12O7S. The molecule has 0 unspecified atom stereocenters. The van der Waals surface area contributed by atoms with Crippen molar-refractivity contribution in [3.8, 4) is 0 Å². The summed E-state index contributed by atoms with van der Waals surface area (Å²) in [6.07, 6.45) is 4.94. The molecule has 1 saturated heterocycles. The average molecular weight is 877 g/mol. The minimum atomic E-state index is -1.26. The van der Waals surface area contributed by atoms with Crippen molar-refractivity contribution >= 4 is 70.0 Å². The van der Waals surface area contributed by atoms with Gasteiger partial charge in [0.15, 0.2) is 5.96 Å². The standard InChI is InChI=1S/C42H60N12O7S/c1-62-21-18-32-39(59)53-33(22-25-10-3-2-4-11-25)40(60)52-31(15-9-20-48-42(45)46)38(58)54-34(23-26-24-49-29-13-6-5-12-27(26)29)41(61)50-30(36(44)56)14-7-8-19-47-35(55)17-16-28(43)37(57)51-32/h2-6,10-13,24,28,30-34,49H,7-9,14-23,43H2,1H3,(H2,44,56)(H,47,55)(H,50,61)(H,51,57)(H,52,60)(H,53,59)(H,54,58)(H4,45,46,48)/t28-,30-,31-,32-,33+,34-/m0/s1. The maximum atomic E-state index is 14.4. The summed E-state index contributed by atoms with van der Waals surface area (Å²) in [4.78, 5) is 103. The normalized spacial score (nSPS) is 23.1. The van der Waals surface area contributed by atoms with Gasteiger partial charge in [0.2, 0.25) is 41.4 Å². The van der Waals surface area contributed by atoms with Gasteiger partial charge in [-0.3, -0.25) is 38.6 Å². The van der Waals surface area contributed by atoms with Crippen LogP contribution in [0.5, 0.6) is 0 Å². The second-order valence-electron chi connectivity index (χ2n) is 15.2. The van der Waals surface area contributed by atoms with Gasteiger partial charge < -0.3 is 59.8 Å². The first-order valence-corrected chi connectivity index (χ1v) is 22.1. The van der Waals surface area contributed by atoms with Gasteiger partial charge >= 0.3 is 0 Å². The van der Waals surface area contributed by atoms with E-state index < -0.39 is 71.7 Å². The highest BCUT2D eigenvalue weighted by Crippen LogP contribution is 2.20. The number of thioether (sulfide) groups is 1. The fraction of sp³-hybridized carbons (Fsp3) is 0.476. The molecule has 1 aromatic heterocycles. The van der Waals surface area contributed by atoms with Crippen LogP contribution in [0.1, 0.15) is 62.5 Å². The second-order valence-corrected chi connectivity index (χ2v) is 16.2. The number of aromatic nitrogens is 1. The van der Waals surface area contributed by atoms with Crippen molar-refractivity contribution in [2.45, 2.75) is 100 Å². The molecule has 2 heterocycles. The number of para-hydroxylation sites is 1. The number of nitrogens with two attached hydrogens (primary N) is 4. The number of primary amides is 1. The lowest BCUT2D eigenvalue weighted by molar-refractivity contribution is -0.135. The summed E-state index contributed by atoms with van der Waals surface area (Å²) in [7, 11) is 0. The molecule has 2 aromatic carbocycles. The number of guanidine groups is 1.